The second-order valence-corrected chi connectivity index (χ2v) is 4.59. The summed E-state index contributed by atoms with van der Waals surface area (Å²) in [5.74, 6) is -0.157. The quantitative estimate of drug-likeness (QED) is 0.653. The number of ketones is 1. The predicted molar refractivity (Wildman–Crippen MR) is 53.3 cm³/mol. The van der Waals surface area contributed by atoms with Crippen LogP contribution in [0, 0.1) is 11.8 Å². The summed E-state index contributed by atoms with van der Waals surface area (Å²) in [7, 11) is 0. The number of carboxylic acid groups (broad SMARTS) is 1. The van der Waals surface area contributed by atoms with Gasteiger partial charge >= 0.3 is 5.97 Å². The third-order valence-electron chi connectivity index (χ3n) is 2.38. The third-order valence-corrected chi connectivity index (χ3v) is 3.49. The van der Waals surface area contributed by atoms with Crippen LogP contribution in [-0.4, -0.2) is 40.1 Å². The van der Waals surface area contributed by atoms with Gasteiger partial charge in [0.05, 0.1) is 12.5 Å². The first kappa shape index (κ1) is 11.5. The van der Waals surface area contributed by atoms with Crippen LogP contribution in [-0.2, 0) is 9.59 Å². The fourth-order valence-corrected chi connectivity index (χ4v) is 2.51. The van der Waals surface area contributed by atoms with Crippen LogP contribution in [0.25, 0.3) is 0 Å². The van der Waals surface area contributed by atoms with Crippen LogP contribution in [0.4, 0.5) is 0 Å². The highest BCUT2D eigenvalue weighted by atomic mass is 32.2. The van der Waals surface area contributed by atoms with E-state index in [1.54, 1.807) is 0 Å². The summed E-state index contributed by atoms with van der Waals surface area (Å²) in [6, 6.07) is 0. The normalized spacial score (nSPS) is 26.8. The largest absolute Gasteiger partial charge is 0.481 e. The van der Waals surface area contributed by atoms with E-state index in [4.69, 9.17) is 10.2 Å². The van der Waals surface area contributed by atoms with E-state index in [1.165, 1.54) is 11.8 Å². The molecule has 4 nitrogen and oxygen atoms in total. The van der Waals surface area contributed by atoms with Crippen molar-refractivity contribution in [3.05, 3.63) is 0 Å². The molecule has 2 N–H and O–H groups in total. The minimum atomic E-state index is -0.868. The molecule has 0 saturated heterocycles. The van der Waals surface area contributed by atoms with E-state index in [2.05, 4.69) is 0 Å². The Labute approximate surface area is 86.7 Å². The number of carboxylic acids is 1. The first-order valence-corrected chi connectivity index (χ1v) is 5.74. The van der Waals surface area contributed by atoms with Gasteiger partial charge in [0.2, 0.25) is 0 Å². The lowest BCUT2D eigenvalue weighted by Crippen LogP contribution is -2.10. The first-order valence-electron chi connectivity index (χ1n) is 4.59. The van der Waals surface area contributed by atoms with Crippen LogP contribution in [0.3, 0.4) is 0 Å². The number of aliphatic carboxylic acids is 1. The molecule has 0 aromatic heterocycles. The van der Waals surface area contributed by atoms with Crippen LogP contribution in [0.2, 0.25) is 0 Å². The number of aliphatic hydroxyl groups is 1. The minimum Gasteiger partial charge on any atom is -0.481 e. The molecule has 2 atom stereocenters. The van der Waals surface area contributed by atoms with Crippen LogP contribution in [0.15, 0.2) is 0 Å². The topological polar surface area (TPSA) is 74.6 Å². The maximum absolute atomic E-state index is 11.3. The maximum Gasteiger partial charge on any atom is 0.306 e. The molecule has 0 radical (unpaired) electrons. The molecule has 0 aromatic carbocycles. The third kappa shape index (κ3) is 2.99. The van der Waals surface area contributed by atoms with Gasteiger partial charge in [0.25, 0.3) is 0 Å². The first-order chi connectivity index (χ1) is 6.65. The molecule has 14 heavy (non-hydrogen) atoms. The number of hydrogen-bond acceptors (Lipinski definition) is 4. The van der Waals surface area contributed by atoms with Crippen molar-refractivity contribution in [2.24, 2.45) is 11.8 Å². The summed E-state index contributed by atoms with van der Waals surface area (Å²) in [5.41, 5.74) is 0. The van der Waals surface area contributed by atoms with Gasteiger partial charge in [-0.25, -0.2) is 0 Å². The molecule has 0 spiro atoms. The molecule has 0 aromatic rings. The molecule has 1 unspecified atom stereocenters. The molecular formula is C9H14O4S. The summed E-state index contributed by atoms with van der Waals surface area (Å²) < 4.78 is 0. The minimum absolute atomic E-state index is 0.0582. The molecule has 80 valence electrons. The Morgan fingerprint density at radius 3 is 2.79 bits per heavy atom. The number of Topliss-reactive ketones (excluding diaryl/α,β-unsaturated/α-hetero) is 1. The molecule has 0 aliphatic heterocycles. The van der Waals surface area contributed by atoms with Crippen molar-refractivity contribution < 1.29 is 19.8 Å². The molecule has 1 aliphatic rings. The van der Waals surface area contributed by atoms with Crippen molar-refractivity contribution >= 4 is 23.5 Å². The highest BCUT2D eigenvalue weighted by Gasteiger charge is 2.36. The number of hydrogen-bond donors (Lipinski definition) is 2. The van der Waals surface area contributed by atoms with Gasteiger partial charge in [0, 0.05) is 23.8 Å². The van der Waals surface area contributed by atoms with Gasteiger partial charge in [-0.1, -0.05) is 0 Å². The Hall–Kier alpha value is -0.550. The smallest absolute Gasteiger partial charge is 0.306 e. The van der Waals surface area contributed by atoms with Gasteiger partial charge in [-0.3, -0.25) is 9.59 Å². The van der Waals surface area contributed by atoms with Gasteiger partial charge in [0.15, 0.2) is 0 Å². The number of aliphatic hydroxyl groups excluding tert-OH is 1. The van der Waals surface area contributed by atoms with E-state index in [0.29, 0.717) is 17.9 Å². The summed E-state index contributed by atoms with van der Waals surface area (Å²) in [4.78, 5) is 22.0. The number of rotatable bonds is 5. The van der Waals surface area contributed by atoms with Crippen LogP contribution < -0.4 is 0 Å². The van der Waals surface area contributed by atoms with E-state index < -0.39 is 11.9 Å². The molecule has 1 aliphatic carbocycles. The molecule has 0 bridgehead atoms. The molecule has 1 rings (SSSR count). The fraction of sp³-hybridized carbons (Fsp3) is 0.778. The molecular weight excluding hydrogens is 204 g/mol. The monoisotopic (exact) mass is 218 g/mol. The van der Waals surface area contributed by atoms with Crippen molar-refractivity contribution in [2.45, 2.75) is 12.8 Å². The molecule has 0 amide bonds. The second-order valence-electron chi connectivity index (χ2n) is 3.44. The summed E-state index contributed by atoms with van der Waals surface area (Å²) in [6.45, 7) is 0.105. The number of thioether (sulfide) groups is 1. The van der Waals surface area contributed by atoms with Gasteiger partial charge in [-0.2, -0.15) is 11.8 Å². The van der Waals surface area contributed by atoms with Crippen molar-refractivity contribution in [1.29, 1.82) is 0 Å². The highest BCUT2D eigenvalue weighted by molar-refractivity contribution is 7.99. The summed E-state index contributed by atoms with van der Waals surface area (Å²) in [5, 5.41) is 17.3. The highest BCUT2D eigenvalue weighted by Crippen LogP contribution is 2.30. The number of carbonyl (C=O) groups excluding carboxylic acids is 1. The molecule has 0 heterocycles. The zero-order valence-corrected chi connectivity index (χ0v) is 8.63. The Bertz CT molecular complexity index is 229. The maximum atomic E-state index is 11.3. The van der Waals surface area contributed by atoms with Gasteiger partial charge in [-0.05, 0) is 6.42 Å². The summed E-state index contributed by atoms with van der Waals surface area (Å²) in [6.07, 6.45) is 0.645. The van der Waals surface area contributed by atoms with Crippen molar-refractivity contribution in [2.75, 3.05) is 18.1 Å². The van der Waals surface area contributed by atoms with Crippen molar-refractivity contribution in [3.8, 4) is 0 Å². The van der Waals surface area contributed by atoms with Crippen molar-refractivity contribution in [3.63, 3.8) is 0 Å². The van der Waals surface area contributed by atoms with E-state index in [1.807, 2.05) is 0 Å². The van der Waals surface area contributed by atoms with Gasteiger partial charge < -0.3 is 10.2 Å². The molecule has 1 fully saturated rings. The lowest BCUT2D eigenvalue weighted by molar-refractivity contribution is -0.142. The Morgan fingerprint density at radius 1 is 1.57 bits per heavy atom. The predicted octanol–water partition coefficient (Wildman–Crippen LogP) is 0.392. The average Bonchev–Trinajstić information content (AvgIpc) is 2.49. The SMILES string of the molecule is O=C1C[C@@H](C(=O)O)CC1CSCCO. The Balaban J connectivity index is 2.33. The van der Waals surface area contributed by atoms with Crippen LogP contribution in [0.5, 0.6) is 0 Å². The molecule has 5 heteroatoms. The summed E-state index contributed by atoms with van der Waals surface area (Å²) >= 11 is 1.50. The standard InChI is InChI=1S/C9H14O4S/c10-1-2-14-5-7-3-6(9(12)13)4-8(7)11/h6-7,10H,1-5H2,(H,12,13)/t6-,7?/m0/s1. The van der Waals surface area contributed by atoms with Crippen molar-refractivity contribution in [1.82, 2.24) is 0 Å². The number of carbonyl (C=O) groups is 2. The lowest BCUT2D eigenvalue weighted by atomic mass is 10.1. The zero-order chi connectivity index (χ0) is 10.6. The Morgan fingerprint density at radius 2 is 2.29 bits per heavy atom. The van der Waals surface area contributed by atoms with E-state index in [9.17, 15) is 9.59 Å². The van der Waals surface area contributed by atoms with Gasteiger partial charge in [0.1, 0.15) is 5.78 Å². The van der Waals surface area contributed by atoms with E-state index >= 15 is 0 Å². The molecule has 1 saturated carbocycles. The average molecular weight is 218 g/mol. The van der Waals surface area contributed by atoms with Gasteiger partial charge in [-0.15, -0.1) is 0 Å². The zero-order valence-electron chi connectivity index (χ0n) is 7.81. The lowest BCUT2D eigenvalue weighted by Gasteiger charge is -2.06. The fourth-order valence-electron chi connectivity index (χ4n) is 1.61. The second kappa shape index (κ2) is 5.36. The Kier molecular flexibility index (Phi) is 4.41. The van der Waals surface area contributed by atoms with E-state index in [0.717, 1.165) is 0 Å². The van der Waals surface area contributed by atoms with Crippen LogP contribution in [0.1, 0.15) is 12.8 Å². The van der Waals surface area contributed by atoms with E-state index in [-0.39, 0.29) is 24.7 Å². The van der Waals surface area contributed by atoms with Crippen LogP contribution >= 0.6 is 11.8 Å².